The molecule has 0 radical (unpaired) electrons. The number of rotatable bonds is 2. The largest absolute Gasteiger partial charge is 0.369 e. The number of nitrogens with two attached hydrogens (primary N) is 1. The predicted octanol–water partition coefficient (Wildman–Crippen LogP) is 3.82. The van der Waals surface area contributed by atoms with E-state index in [1.54, 1.807) is 0 Å². The van der Waals surface area contributed by atoms with Crippen LogP contribution in [0.1, 0.15) is 12.5 Å². The maximum absolute atomic E-state index is 6.30. The number of aromatic nitrogens is 2. The van der Waals surface area contributed by atoms with Crippen LogP contribution in [0, 0.1) is 0 Å². The van der Waals surface area contributed by atoms with E-state index in [0.717, 1.165) is 23.1 Å². The van der Waals surface area contributed by atoms with Gasteiger partial charge in [0.1, 0.15) is 0 Å². The summed E-state index contributed by atoms with van der Waals surface area (Å²) < 4.78 is 1.93. The Bertz CT molecular complexity index is 746. The molecule has 1 aromatic heterocycles. The second-order valence-corrected chi connectivity index (χ2v) is 4.80. The van der Waals surface area contributed by atoms with Crippen LogP contribution in [0.15, 0.2) is 42.5 Å². The Hall–Kier alpha value is -2.00. The number of hydrogen-bond donors (Lipinski definition) is 1. The fourth-order valence-corrected chi connectivity index (χ4v) is 2.63. The fraction of sp³-hybridized carbons (Fsp3) is 0.133. The molecule has 3 nitrogen and oxygen atoms in total. The van der Waals surface area contributed by atoms with Crippen molar-refractivity contribution in [2.24, 2.45) is 0 Å². The molecular formula is C15H14ClN3. The molecule has 0 saturated heterocycles. The second kappa shape index (κ2) is 4.59. The molecular weight excluding hydrogens is 258 g/mol. The highest BCUT2D eigenvalue weighted by atomic mass is 35.5. The van der Waals surface area contributed by atoms with Gasteiger partial charge in [-0.3, -0.25) is 4.57 Å². The van der Waals surface area contributed by atoms with Gasteiger partial charge in [-0.05, 0) is 30.2 Å². The first-order valence-electron chi connectivity index (χ1n) is 6.23. The summed E-state index contributed by atoms with van der Waals surface area (Å²) in [6.07, 6.45) is 0.930. The molecule has 0 atom stereocenters. The van der Waals surface area contributed by atoms with E-state index in [0.29, 0.717) is 11.0 Å². The first kappa shape index (κ1) is 12.1. The molecule has 0 amide bonds. The van der Waals surface area contributed by atoms with Gasteiger partial charge in [0.15, 0.2) is 0 Å². The van der Waals surface area contributed by atoms with Gasteiger partial charge in [0.05, 0.1) is 21.7 Å². The summed E-state index contributed by atoms with van der Waals surface area (Å²) in [4.78, 5) is 4.38. The number of para-hydroxylation sites is 2. The molecule has 0 spiro atoms. The molecule has 3 rings (SSSR count). The third-order valence-electron chi connectivity index (χ3n) is 3.27. The van der Waals surface area contributed by atoms with Crippen molar-refractivity contribution in [3.8, 4) is 5.69 Å². The quantitative estimate of drug-likeness (QED) is 0.770. The van der Waals surface area contributed by atoms with Crippen LogP contribution in [0.3, 0.4) is 0 Å². The van der Waals surface area contributed by atoms with Crippen molar-refractivity contribution < 1.29 is 0 Å². The zero-order valence-corrected chi connectivity index (χ0v) is 11.4. The summed E-state index contributed by atoms with van der Waals surface area (Å²) >= 11 is 6.30. The summed E-state index contributed by atoms with van der Waals surface area (Å²) in [7, 11) is 0. The van der Waals surface area contributed by atoms with Gasteiger partial charge >= 0.3 is 0 Å². The zero-order chi connectivity index (χ0) is 13.4. The van der Waals surface area contributed by atoms with Gasteiger partial charge in [0.2, 0.25) is 5.95 Å². The van der Waals surface area contributed by atoms with Crippen molar-refractivity contribution in [2.45, 2.75) is 13.3 Å². The molecule has 0 saturated carbocycles. The van der Waals surface area contributed by atoms with Crippen LogP contribution in [0.2, 0.25) is 5.02 Å². The van der Waals surface area contributed by atoms with Crippen molar-refractivity contribution in [3.05, 3.63) is 53.1 Å². The Kier molecular flexibility index (Phi) is 2.91. The molecule has 0 bridgehead atoms. The monoisotopic (exact) mass is 271 g/mol. The van der Waals surface area contributed by atoms with Crippen molar-refractivity contribution in [3.63, 3.8) is 0 Å². The van der Waals surface area contributed by atoms with Gasteiger partial charge < -0.3 is 5.73 Å². The topological polar surface area (TPSA) is 43.8 Å². The number of hydrogen-bond acceptors (Lipinski definition) is 2. The van der Waals surface area contributed by atoms with Crippen molar-refractivity contribution in [2.75, 3.05) is 5.73 Å². The minimum absolute atomic E-state index is 0.462. The van der Waals surface area contributed by atoms with Gasteiger partial charge in [-0.25, -0.2) is 4.98 Å². The average molecular weight is 272 g/mol. The Labute approximate surface area is 116 Å². The highest BCUT2D eigenvalue weighted by molar-refractivity contribution is 6.35. The minimum atomic E-state index is 0.462. The molecule has 2 N–H and O–H groups in total. The lowest BCUT2D eigenvalue weighted by atomic mass is 10.1. The number of anilines is 1. The molecule has 96 valence electrons. The van der Waals surface area contributed by atoms with Crippen molar-refractivity contribution >= 4 is 28.6 Å². The molecule has 1 heterocycles. The van der Waals surface area contributed by atoms with E-state index in [4.69, 9.17) is 17.3 Å². The van der Waals surface area contributed by atoms with Crippen LogP contribution in [0.4, 0.5) is 5.95 Å². The summed E-state index contributed by atoms with van der Waals surface area (Å²) in [5.74, 6) is 0.462. The zero-order valence-electron chi connectivity index (χ0n) is 10.6. The molecule has 4 heteroatoms. The highest BCUT2D eigenvalue weighted by Crippen LogP contribution is 2.30. The van der Waals surface area contributed by atoms with Crippen LogP contribution in [-0.2, 0) is 6.42 Å². The number of imidazole rings is 1. The molecule has 3 aromatic rings. The van der Waals surface area contributed by atoms with Gasteiger partial charge in [-0.1, -0.05) is 42.8 Å². The maximum Gasteiger partial charge on any atom is 0.205 e. The van der Waals surface area contributed by atoms with Crippen molar-refractivity contribution in [1.82, 2.24) is 9.55 Å². The Morgan fingerprint density at radius 2 is 1.95 bits per heavy atom. The predicted molar refractivity (Wildman–Crippen MR) is 79.9 cm³/mol. The summed E-state index contributed by atoms with van der Waals surface area (Å²) in [5.41, 5.74) is 10.0. The molecule has 0 unspecified atom stereocenters. The first-order valence-corrected chi connectivity index (χ1v) is 6.61. The smallest absolute Gasteiger partial charge is 0.205 e. The minimum Gasteiger partial charge on any atom is -0.369 e. The number of nitrogen functional groups attached to an aromatic ring is 1. The SMILES string of the molecule is CCc1ccccc1-n1c(N)nc2cccc(Cl)c21. The van der Waals surface area contributed by atoms with E-state index in [1.807, 2.05) is 41.0 Å². The molecule has 0 fully saturated rings. The van der Waals surface area contributed by atoms with E-state index in [2.05, 4.69) is 18.0 Å². The van der Waals surface area contributed by atoms with Gasteiger partial charge in [-0.2, -0.15) is 0 Å². The van der Waals surface area contributed by atoms with Crippen LogP contribution < -0.4 is 5.73 Å². The number of fused-ring (bicyclic) bond motifs is 1. The fourth-order valence-electron chi connectivity index (χ4n) is 2.38. The number of aryl methyl sites for hydroxylation is 1. The molecule has 19 heavy (non-hydrogen) atoms. The normalized spacial score (nSPS) is 11.1. The van der Waals surface area contributed by atoms with Crippen LogP contribution in [-0.4, -0.2) is 9.55 Å². The van der Waals surface area contributed by atoms with Crippen molar-refractivity contribution in [1.29, 1.82) is 0 Å². The van der Waals surface area contributed by atoms with Crippen LogP contribution in [0.25, 0.3) is 16.7 Å². The third kappa shape index (κ3) is 1.87. The van der Waals surface area contributed by atoms with Gasteiger partial charge in [0.25, 0.3) is 0 Å². The van der Waals surface area contributed by atoms with E-state index < -0.39 is 0 Å². The first-order chi connectivity index (χ1) is 9.22. The lowest BCUT2D eigenvalue weighted by molar-refractivity contribution is 1.04. The molecule has 0 aliphatic carbocycles. The van der Waals surface area contributed by atoms with Gasteiger partial charge in [0, 0.05) is 0 Å². The molecule has 2 aromatic carbocycles. The standard InChI is InChI=1S/C15H14ClN3/c1-2-10-6-3-4-9-13(10)19-14-11(16)7-5-8-12(14)18-15(19)17/h3-9H,2H2,1H3,(H2,17,18). The Balaban J connectivity index is 2.39. The lowest BCUT2D eigenvalue weighted by Gasteiger charge is -2.11. The highest BCUT2D eigenvalue weighted by Gasteiger charge is 2.14. The number of benzene rings is 2. The Morgan fingerprint density at radius 3 is 2.74 bits per heavy atom. The third-order valence-corrected chi connectivity index (χ3v) is 3.57. The summed E-state index contributed by atoms with van der Waals surface area (Å²) in [5, 5.41) is 0.660. The summed E-state index contributed by atoms with van der Waals surface area (Å²) in [6, 6.07) is 13.8. The van der Waals surface area contributed by atoms with E-state index >= 15 is 0 Å². The lowest BCUT2D eigenvalue weighted by Crippen LogP contribution is -2.03. The molecule has 0 aliphatic heterocycles. The van der Waals surface area contributed by atoms with E-state index in [1.165, 1.54) is 5.56 Å². The van der Waals surface area contributed by atoms with E-state index in [-0.39, 0.29) is 0 Å². The molecule has 0 aliphatic rings. The average Bonchev–Trinajstić information content (AvgIpc) is 2.76. The maximum atomic E-state index is 6.30. The number of halogens is 1. The van der Waals surface area contributed by atoms with Gasteiger partial charge in [-0.15, -0.1) is 0 Å². The van der Waals surface area contributed by atoms with Crippen LogP contribution >= 0.6 is 11.6 Å². The van der Waals surface area contributed by atoms with Crippen LogP contribution in [0.5, 0.6) is 0 Å². The second-order valence-electron chi connectivity index (χ2n) is 4.40. The summed E-state index contributed by atoms with van der Waals surface area (Å²) in [6.45, 7) is 2.12. The Morgan fingerprint density at radius 1 is 1.16 bits per heavy atom. The van der Waals surface area contributed by atoms with E-state index in [9.17, 15) is 0 Å². The number of nitrogens with zero attached hydrogens (tertiary/aromatic N) is 2.